The minimum Gasteiger partial charge on any atom is -0.356 e. The number of carbonyl (C=O) groups excluding carboxylic acids is 5. The average molecular weight is 605 g/mol. The summed E-state index contributed by atoms with van der Waals surface area (Å²) in [5, 5.41) is 5.84. The van der Waals surface area contributed by atoms with Crippen molar-refractivity contribution in [3.05, 3.63) is 84.4 Å². The van der Waals surface area contributed by atoms with Crippen LogP contribution in [0.2, 0.25) is 0 Å². The van der Waals surface area contributed by atoms with E-state index in [4.69, 9.17) is 0 Å². The van der Waals surface area contributed by atoms with Crippen molar-refractivity contribution in [3.63, 3.8) is 0 Å². The first-order valence-corrected chi connectivity index (χ1v) is 16.1. The second kappa shape index (κ2) is 26.7. The highest BCUT2D eigenvalue weighted by molar-refractivity contribution is 5.80. The predicted molar refractivity (Wildman–Crippen MR) is 177 cm³/mol. The summed E-state index contributed by atoms with van der Waals surface area (Å²) in [4.78, 5) is 56.3. The van der Waals surface area contributed by atoms with Crippen molar-refractivity contribution >= 4 is 29.7 Å². The molecule has 0 aliphatic carbocycles. The normalized spacial score (nSPS) is 10.2. The summed E-state index contributed by atoms with van der Waals surface area (Å²) in [6, 6.07) is 20.0. The van der Waals surface area contributed by atoms with Gasteiger partial charge in [-0.2, -0.15) is 0 Å². The van der Waals surface area contributed by atoms with Crippen molar-refractivity contribution in [1.29, 1.82) is 0 Å². The van der Waals surface area contributed by atoms with Crippen molar-refractivity contribution in [3.8, 4) is 0 Å². The molecule has 0 saturated heterocycles. The summed E-state index contributed by atoms with van der Waals surface area (Å²) in [7, 11) is 0. The molecule has 0 heterocycles. The van der Waals surface area contributed by atoms with E-state index in [1.807, 2.05) is 60.7 Å². The molecule has 7 heteroatoms. The molecule has 0 aliphatic rings. The van der Waals surface area contributed by atoms with Gasteiger partial charge in [0.2, 0.25) is 11.8 Å². The Hall–Kier alpha value is -3.87. The fourth-order valence-corrected chi connectivity index (χ4v) is 4.42. The zero-order valence-corrected chi connectivity index (χ0v) is 26.4. The quantitative estimate of drug-likeness (QED) is 0.0790. The van der Waals surface area contributed by atoms with Crippen molar-refractivity contribution in [2.24, 2.45) is 0 Å². The Morgan fingerprint density at radius 3 is 1.39 bits per heavy atom. The fraction of sp³-hybridized carbons (Fsp3) is 0.486. The standard InChI is InChI=1S/C19H27NO2.C18H25NO3/c1-2-3-12-18(21)13-8-5-9-16-20-19(22)15-14-17-10-6-4-7-11-17;20-15-7-11-17(21)10-5-2-6-14-19-18(22)13-12-16-8-3-1-4-9-16/h2,4,6-7,10-11H,1,3,5,8-9,12-16H2,(H,20,22);1,3-4,8-9,15H,2,5-7,10-14H2,(H,19,22). The summed E-state index contributed by atoms with van der Waals surface area (Å²) in [6.45, 7) is 4.98. The molecule has 240 valence electrons. The van der Waals surface area contributed by atoms with Gasteiger partial charge in [-0.05, 0) is 56.1 Å². The molecule has 2 N–H and O–H groups in total. The van der Waals surface area contributed by atoms with E-state index in [-0.39, 0.29) is 17.6 Å². The first-order chi connectivity index (χ1) is 21.4. The second-order valence-electron chi connectivity index (χ2n) is 10.9. The lowest BCUT2D eigenvalue weighted by molar-refractivity contribution is -0.121. The molecular formula is C37H52N2O5. The Balaban J connectivity index is 0.000000440. The van der Waals surface area contributed by atoms with Crippen molar-refractivity contribution in [2.75, 3.05) is 13.1 Å². The Bertz CT molecular complexity index is 998. The van der Waals surface area contributed by atoms with Crippen LogP contribution in [0.25, 0.3) is 0 Å². The third kappa shape index (κ3) is 22.7. The minimum atomic E-state index is 0.0749. The van der Waals surface area contributed by atoms with E-state index in [0.717, 1.165) is 64.1 Å². The first kappa shape index (κ1) is 38.2. The number of carbonyl (C=O) groups is 5. The van der Waals surface area contributed by atoms with Gasteiger partial charge in [0.05, 0.1) is 0 Å². The first-order valence-electron chi connectivity index (χ1n) is 16.1. The minimum absolute atomic E-state index is 0.0749. The van der Waals surface area contributed by atoms with E-state index >= 15 is 0 Å². The van der Waals surface area contributed by atoms with Gasteiger partial charge in [-0.3, -0.25) is 19.2 Å². The number of hydrogen-bond acceptors (Lipinski definition) is 5. The van der Waals surface area contributed by atoms with Crippen LogP contribution in [0.15, 0.2) is 73.3 Å². The lowest BCUT2D eigenvalue weighted by Gasteiger charge is -2.05. The maximum atomic E-state index is 11.7. The monoisotopic (exact) mass is 604 g/mol. The highest BCUT2D eigenvalue weighted by atomic mass is 16.2. The van der Waals surface area contributed by atoms with Gasteiger partial charge in [-0.25, -0.2) is 0 Å². The van der Waals surface area contributed by atoms with Gasteiger partial charge in [0, 0.05) is 58.0 Å². The van der Waals surface area contributed by atoms with E-state index in [1.54, 1.807) is 6.08 Å². The molecule has 0 saturated carbocycles. The zero-order valence-electron chi connectivity index (χ0n) is 26.4. The third-order valence-electron chi connectivity index (χ3n) is 7.04. The highest BCUT2D eigenvalue weighted by Crippen LogP contribution is 2.06. The van der Waals surface area contributed by atoms with E-state index in [9.17, 15) is 24.0 Å². The summed E-state index contributed by atoms with van der Waals surface area (Å²) in [5.41, 5.74) is 2.36. The van der Waals surface area contributed by atoms with Gasteiger partial charge in [0.15, 0.2) is 0 Å². The van der Waals surface area contributed by atoms with E-state index in [1.165, 1.54) is 11.1 Å². The molecule has 0 radical (unpaired) electrons. The van der Waals surface area contributed by atoms with Crippen LogP contribution in [-0.2, 0) is 36.8 Å². The lowest BCUT2D eigenvalue weighted by Crippen LogP contribution is -2.24. The Kier molecular flexibility index (Phi) is 23.2. The number of ketones is 2. The number of allylic oxidation sites excluding steroid dienone is 1. The number of rotatable bonds is 24. The molecule has 2 aromatic rings. The van der Waals surface area contributed by atoms with E-state index < -0.39 is 0 Å². The number of benzene rings is 2. The van der Waals surface area contributed by atoms with Crippen LogP contribution in [0.3, 0.4) is 0 Å². The molecule has 2 aromatic carbocycles. The highest BCUT2D eigenvalue weighted by Gasteiger charge is 2.04. The molecule has 2 rings (SSSR count). The maximum Gasteiger partial charge on any atom is 0.220 e. The topological polar surface area (TPSA) is 109 Å². The van der Waals surface area contributed by atoms with Crippen LogP contribution in [0.4, 0.5) is 0 Å². The van der Waals surface area contributed by atoms with Crippen LogP contribution in [0, 0.1) is 0 Å². The van der Waals surface area contributed by atoms with Gasteiger partial charge in [-0.15, -0.1) is 6.58 Å². The number of unbranched alkanes of at least 4 members (excludes halogenated alkanes) is 4. The molecule has 0 spiro atoms. The Morgan fingerprint density at radius 1 is 0.545 bits per heavy atom. The van der Waals surface area contributed by atoms with Crippen molar-refractivity contribution < 1.29 is 24.0 Å². The fourth-order valence-electron chi connectivity index (χ4n) is 4.42. The average Bonchev–Trinajstić information content (AvgIpc) is 3.05. The Labute approximate surface area is 264 Å². The van der Waals surface area contributed by atoms with Gasteiger partial charge in [0.1, 0.15) is 17.9 Å². The largest absolute Gasteiger partial charge is 0.356 e. The molecule has 44 heavy (non-hydrogen) atoms. The van der Waals surface area contributed by atoms with Crippen LogP contribution >= 0.6 is 0 Å². The number of Topliss-reactive ketones (excluding diaryl/α,β-unsaturated/α-hetero) is 2. The summed E-state index contributed by atoms with van der Waals surface area (Å²) in [6.07, 6.45) is 13.9. The van der Waals surface area contributed by atoms with Crippen LogP contribution in [0.5, 0.6) is 0 Å². The molecule has 0 atom stereocenters. The predicted octanol–water partition coefficient (Wildman–Crippen LogP) is 6.68. The molecule has 2 amide bonds. The molecule has 0 aliphatic heterocycles. The van der Waals surface area contributed by atoms with E-state index in [0.29, 0.717) is 63.8 Å². The summed E-state index contributed by atoms with van der Waals surface area (Å²) in [5.74, 6) is 0.641. The molecule has 0 bridgehead atoms. The molecule has 7 nitrogen and oxygen atoms in total. The number of aldehydes is 1. The number of amides is 2. The zero-order chi connectivity index (χ0) is 32.1. The van der Waals surface area contributed by atoms with Gasteiger partial charge >= 0.3 is 0 Å². The van der Waals surface area contributed by atoms with Gasteiger partial charge < -0.3 is 15.4 Å². The number of nitrogens with one attached hydrogen (secondary N) is 2. The second-order valence-corrected chi connectivity index (χ2v) is 10.9. The smallest absolute Gasteiger partial charge is 0.220 e. The van der Waals surface area contributed by atoms with Crippen molar-refractivity contribution in [1.82, 2.24) is 10.6 Å². The number of hydrogen-bond donors (Lipinski definition) is 2. The number of aryl methyl sites for hydroxylation is 2. The maximum absolute atomic E-state index is 11.7. The lowest BCUT2D eigenvalue weighted by atomic mass is 10.1. The van der Waals surface area contributed by atoms with Gasteiger partial charge in [0.25, 0.3) is 0 Å². The van der Waals surface area contributed by atoms with Crippen LogP contribution in [0.1, 0.15) is 101 Å². The van der Waals surface area contributed by atoms with Crippen LogP contribution < -0.4 is 10.6 Å². The molecule has 0 unspecified atom stereocenters. The molecule has 0 aromatic heterocycles. The summed E-state index contributed by atoms with van der Waals surface area (Å²) < 4.78 is 0. The molecular weight excluding hydrogens is 552 g/mol. The van der Waals surface area contributed by atoms with Crippen LogP contribution in [-0.4, -0.2) is 42.8 Å². The SMILES string of the molecule is C=CCCC(=O)CCCCCNC(=O)CCc1ccccc1.O=CCCC(=O)CCCCCNC(=O)CCc1ccccc1. The Morgan fingerprint density at radius 2 is 0.977 bits per heavy atom. The summed E-state index contributed by atoms with van der Waals surface area (Å²) >= 11 is 0. The van der Waals surface area contributed by atoms with Crippen molar-refractivity contribution in [2.45, 2.75) is 103 Å². The molecule has 0 fully saturated rings. The van der Waals surface area contributed by atoms with Gasteiger partial charge in [-0.1, -0.05) is 79.6 Å². The third-order valence-corrected chi connectivity index (χ3v) is 7.04. The van der Waals surface area contributed by atoms with E-state index in [2.05, 4.69) is 17.2 Å².